The molecule has 0 aliphatic carbocycles. The number of sulfonamides is 1. The van der Waals surface area contributed by atoms with Gasteiger partial charge in [0.1, 0.15) is 5.75 Å². The van der Waals surface area contributed by atoms with Gasteiger partial charge in [0.15, 0.2) is 0 Å². The maximum Gasteiger partial charge on any atom is 0.244 e. The van der Waals surface area contributed by atoms with Gasteiger partial charge in [-0.15, -0.1) is 0 Å². The number of nitrogens with zero attached hydrogens (tertiary/aromatic N) is 1. The summed E-state index contributed by atoms with van der Waals surface area (Å²) >= 11 is 0. The third-order valence-electron chi connectivity index (χ3n) is 1.33. The van der Waals surface area contributed by atoms with E-state index in [9.17, 15) is 8.42 Å². The van der Waals surface area contributed by atoms with Gasteiger partial charge in [-0.05, 0) is 29.8 Å². The molecule has 0 heterocycles. The normalized spacial score (nSPS) is 11.8. The Bertz CT molecular complexity index is 422. The van der Waals surface area contributed by atoms with Crippen LogP contribution >= 0.6 is 0 Å². The van der Waals surface area contributed by atoms with Crippen molar-refractivity contribution in [3.63, 3.8) is 0 Å². The van der Waals surface area contributed by atoms with Crippen LogP contribution in [-0.2, 0) is 10.0 Å². The molecule has 1 rings (SSSR count). The van der Waals surface area contributed by atoms with Gasteiger partial charge in [-0.25, -0.2) is 13.2 Å². The predicted octanol–water partition coefficient (Wildman–Crippen LogP) is 0.275. The molecule has 0 unspecified atom stereocenters. The number of nitrogens with one attached hydrogen (secondary N) is 1. The first-order valence-electron chi connectivity index (χ1n) is 3.76. The lowest BCUT2D eigenvalue weighted by molar-refractivity contribution is 0.475. The summed E-state index contributed by atoms with van der Waals surface area (Å²) in [6.07, 6.45) is 2.36. The van der Waals surface area contributed by atoms with Crippen molar-refractivity contribution >= 4 is 16.2 Å². The van der Waals surface area contributed by atoms with E-state index in [4.69, 9.17) is 5.11 Å². The van der Waals surface area contributed by atoms with E-state index in [1.807, 2.05) is 4.83 Å². The monoisotopic (exact) mass is 214 g/mol. The second kappa shape index (κ2) is 4.10. The predicted molar refractivity (Wildman–Crippen MR) is 53.7 cm³/mol. The molecule has 6 heteroatoms. The van der Waals surface area contributed by atoms with Crippen LogP contribution in [-0.4, -0.2) is 26.0 Å². The number of phenolic OH excluding ortho intramolecular Hbond substituents is 1. The summed E-state index contributed by atoms with van der Waals surface area (Å²) in [6.45, 7) is 0. The molecule has 0 radical (unpaired) electrons. The number of hydrogen-bond donors (Lipinski definition) is 2. The van der Waals surface area contributed by atoms with Gasteiger partial charge >= 0.3 is 0 Å². The molecule has 5 nitrogen and oxygen atoms in total. The number of benzene rings is 1. The molecule has 2 N–H and O–H groups in total. The maximum atomic E-state index is 10.6. The summed E-state index contributed by atoms with van der Waals surface area (Å²) in [5.41, 5.74) is 0.693. The Kier molecular flexibility index (Phi) is 3.08. The lowest BCUT2D eigenvalue weighted by Gasteiger charge is -1.95. The van der Waals surface area contributed by atoms with Gasteiger partial charge in [0, 0.05) is 0 Å². The van der Waals surface area contributed by atoms with Crippen LogP contribution < -0.4 is 4.83 Å². The summed E-state index contributed by atoms with van der Waals surface area (Å²) in [7, 11) is -3.30. The number of rotatable bonds is 3. The molecule has 0 atom stereocenters. The molecule has 0 bridgehead atoms. The second-order valence-electron chi connectivity index (χ2n) is 2.71. The summed E-state index contributed by atoms with van der Waals surface area (Å²) in [6, 6.07) is 6.20. The van der Waals surface area contributed by atoms with E-state index in [2.05, 4.69) is 5.10 Å². The first-order valence-corrected chi connectivity index (χ1v) is 5.65. The fourth-order valence-corrected chi connectivity index (χ4v) is 1.00. The number of hydrazone groups is 1. The van der Waals surface area contributed by atoms with Gasteiger partial charge in [-0.3, -0.25) is 0 Å². The van der Waals surface area contributed by atoms with Crippen LogP contribution in [0.25, 0.3) is 0 Å². The average molecular weight is 214 g/mol. The van der Waals surface area contributed by atoms with E-state index >= 15 is 0 Å². The topological polar surface area (TPSA) is 78.8 Å². The van der Waals surface area contributed by atoms with Gasteiger partial charge in [0.2, 0.25) is 10.0 Å². The van der Waals surface area contributed by atoms with Gasteiger partial charge in [-0.2, -0.15) is 5.10 Å². The lowest BCUT2D eigenvalue weighted by Crippen LogP contribution is -2.15. The summed E-state index contributed by atoms with van der Waals surface area (Å²) in [4.78, 5) is 1.96. The molecule has 1 aromatic carbocycles. The minimum absolute atomic E-state index is 0.151. The quantitative estimate of drug-likeness (QED) is 0.560. The zero-order chi connectivity index (χ0) is 10.6. The third kappa shape index (κ3) is 3.90. The van der Waals surface area contributed by atoms with Gasteiger partial charge in [0.25, 0.3) is 0 Å². The van der Waals surface area contributed by atoms with Crippen LogP contribution in [0.15, 0.2) is 29.4 Å². The van der Waals surface area contributed by atoms with Crippen molar-refractivity contribution in [2.45, 2.75) is 0 Å². The fourth-order valence-electron chi connectivity index (χ4n) is 0.757. The van der Waals surface area contributed by atoms with Gasteiger partial charge in [-0.1, -0.05) is 0 Å². The van der Waals surface area contributed by atoms with Crippen LogP contribution in [0.5, 0.6) is 5.75 Å². The largest absolute Gasteiger partial charge is 0.508 e. The molecule has 0 aromatic heterocycles. The number of phenols is 1. The minimum atomic E-state index is -3.30. The van der Waals surface area contributed by atoms with E-state index in [0.717, 1.165) is 6.26 Å². The fraction of sp³-hybridized carbons (Fsp3) is 0.125. The second-order valence-corrected chi connectivity index (χ2v) is 4.44. The highest BCUT2D eigenvalue weighted by Gasteiger charge is 1.94. The van der Waals surface area contributed by atoms with E-state index in [1.165, 1.54) is 18.3 Å². The lowest BCUT2D eigenvalue weighted by atomic mass is 10.2. The van der Waals surface area contributed by atoms with E-state index in [-0.39, 0.29) is 5.75 Å². The molecule has 0 aliphatic heterocycles. The Labute approximate surface area is 82.1 Å². The highest BCUT2D eigenvalue weighted by atomic mass is 32.2. The Morgan fingerprint density at radius 3 is 2.43 bits per heavy atom. The zero-order valence-electron chi connectivity index (χ0n) is 7.51. The molecule has 0 fully saturated rings. The molecular weight excluding hydrogens is 204 g/mol. The minimum Gasteiger partial charge on any atom is -0.508 e. The van der Waals surface area contributed by atoms with Gasteiger partial charge in [0.05, 0.1) is 12.5 Å². The average Bonchev–Trinajstić information content (AvgIpc) is 2.06. The van der Waals surface area contributed by atoms with Crippen LogP contribution in [0.1, 0.15) is 5.56 Å². The molecule has 0 spiro atoms. The maximum absolute atomic E-state index is 10.6. The van der Waals surface area contributed by atoms with Crippen molar-refractivity contribution in [3.05, 3.63) is 29.8 Å². The van der Waals surface area contributed by atoms with Crippen molar-refractivity contribution in [1.82, 2.24) is 4.83 Å². The highest BCUT2D eigenvalue weighted by Crippen LogP contribution is 2.07. The van der Waals surface area contributed by atoms with Crippen molar-refractivity contribution < 1.29 is 13.5 Å². The first kappa shape index (κ1) is 10.5. The number of aromatic hydroxyl groups is 1. The molecule has 0 amide bonds. The SMILES string of the molecule is CS(=O)(=O)N/N=C\c1ccc(O)cc1. The molecule has 0 saturated carbocycles. The third-order valence-corrected chi connectivity index (χ3v) is 1.76. The van der Waals surface area contributed by atoms with Crippen molar-refractivity contribution in [2.75, 3.05) is 6.26 Å². The molecule has 14 heavy (non-hydrogen) atoms. The van der Waals surface area contributed by atoms with E-state index in [0.29, 0.717) is 5.56 Å². The Hall–Kier alpha value is -1.56. The van der Waals surface area contributed by atoms with Crippen molar-refractivity contribution in [3.8, 4) is 5.75 Å². The number of hydrogen-bond acceptors (Lipinski definition) is 4. The Morgan fingerprint density at radius 1 is 1.36 bits per heavy atom. The van der Waals surface area contributed by atoms with Crippen molar-refractivity contribution in [1.29, 1.82) is 0 Å². The van der Waals surface area contributed by atoms with Crippen LogP contribution in [0, 0.1) is 0 Å². The summed E-state index contributed by atoms with van der Waals surface area (Å²) in [5, 5.41) is 12.5. The van der Waals surface area contributed by atoms with E-state index in [1.54, 1.807) is 12.1 Å². The highest BCUT2D eigenvalue weighted by molar-refractivity contribution is 7.88. The van der Waals surface area contributed by atoms with Crippen LogP contribution in [0.2, 0.25) is 0 Å². The summed E-state index contributed by atoms with van der Waals surface area (Å²) in [5.74, 6) is 0.151. The summed E-state index contributed by atoms with van der Waals surface area (Å²) < 4.78 is 21.2. The Morgan fingerprint density at radius 2 is 1.93 bits per heavy atom. The first-order chi connectivity index (χ1) is 6.47. The Balaban J connectivity index is 2.65. The standard InChI is InChI=1S/C8H10N2O3S/c1-14(12,13)10-9-6-7-2-4-8(11)5-3-7/h2-6,10-11H,1H3/b9-6-. The van der Waals surface area contributed by atoms with Crippen molar-refractivity contribution in [2.24, 2.45) is 5.10 Å². The van der Waals surface area contributed by atoms with Crippen LogP contribution in [0.3, 0.4) is 0 Å². The van der Waals surface area contributed by atoms with Crippen LogP contribution in [0.4, 0.5) is 0 Å². The molecule has 76 valence electrons. The van der Waals surface area contributed by atoms with E-state index < -0.39 is 10.0 Å². The van der Waals surface area contributed by atoms with Gasteiger partial charge < -0.3 is 5.11 Å². The smallest absolute Gasteiger partial charge is 0.244 e. The molecule has 0 saturated heterocycles. The molecular formula is C8H10N2O3S. The molecule has 0 aliphatic rings. The molecule has 1 aromatic rings. The zero-order valence-corrected chi connectivity index (χ0v) is 8.32.